The predicted octanol–water partition coefficient (Wildman–Crippen LogP) is 6.51. The zero-order chi connectivity index (χ0) is 28.0. The molecule has 4 aromatic rings. The molecule has 0 fully saturated rings. The van der Waals surface area contributed by atoms with Gasteiger partial charge in [0, 0.05) is 22.7 Å². The van der Waals surface area contributed by atoms with Crippen molar-refractivity contribution in [1.29, 1.82) is 0 Å². The summed E-state index contributed by atoms with van der Waals surface area (Å²) in [5.74, 6) is 0.344. The summed E-state index contributed by atoms with van der Waals surface area (Å²) in [5.41, 5.74) is 5.38. The first kappa shape index (κ1) is 27.7. The number of fused-ring (bicyclic) bond motifs is 1. The smallest absolute Gasteiger partial charge is 0.407 e. The van der Waals surface area contributed by atoms with Crippen LogP contribution in [0.2, 0.25) is 0 Å². The van der Waals surface area contributed by atoms with Crippen LogP contribution in [0.4, 0.5) is 4.79 Å². The van der Waals surface area contributed by atoms with Gasteiger partial charge in [0.2, 0.25) is 0 Å². The van der Waals surface area contributed by atoms with Gasteiger partial charge in [-0.25, -0.2) is 4.79 Å². The molecule has 1 amide bonds. The van der Waals surface area contributed by atoms with Crippen molar-refractivity contribution in [3.63, 3.8) is 0 Å². The van der Waals surface area contributed by atoms with Gasteiger partial charge < -0.3 is 23.9 Å². The lowest BCUT2D eigenvalue weighted by molar-refractivity contribution is -0.142. The van der Waals surface area contributed by atoms with Crippen molar-refractivity contribution in [2.24, 2.45) is 0 Å². The van der Waals surface area contributed by atoms with Gasteiger partial charge in [0.15, 0.2) is 0 Å². The van der Waals surface area contributed by atoms with E-state index >= 15 is 0 Å². The Hall–Kier alpha value is -4.33. The molecule has 1 N–H and O–H groups in total. The SMILES string of the molecule is CCOC(=O)Cc1ccccc1OCc1cc(-c2ccnc(CNC(=O)OC(C)(C)C)c2)c2occ(C)c2c1. The molecule has 0 bridgehead atoms. The number of carbonyl (C=O) groups is 2. The number of carbonyl (C=O) groups excluding carboxylic acids is 2. The number of pyridine rings is 1. The molecule has 0 aliphatic rings. The summed E-state index contributed by atoms with van der Waals surface area (Å²) in [4.78, 5) is 28.5. The summed E-state index contributed by atoms with van der Waals surface area (Å²) >= 11 is 0. The van der Waals surface area contributed by atoms with Crippen molar-refractivity contribution in [2.45, 2.75) is 59.8 Å². The lowest BCUT2D eigenvalue weighted by Crippen LogP contribution is -2.32. The van der Waals surface area contributed by atoms with Crippen LogP contribution in [0.1, 0.15) is 50.1 Å². The van der Waals surface area contributed by atoms with E-state index in [4.69, 9.17) is 18.6 Å². The summed E-state index contributed by atoms with van der Waals surface area (Å²) < 4.78 is 22.5. The third-order valence-corrected chi connectivity index (χ3v) is 5.87. The van der Waals surface area contributed by atoms with E-state index in [-0.39, 0.29) is 18.9 Å². The van der Waals surface area contributed by atoms with Gasteiger partial charge in [-0.05, 0) is 81.6 Å². The molecule has 8 nitrogen and oxygen atoms in total. The van der Waals surface area contributed by atoms with Gasteiger partial charge in [-0.2, -0.15) is 0 Å². The standard InChI is InChI=1S/C31H34N2O6/c1-6-36-28(34)16-23-9-7-8-10-27(23)37-19-21-13-25-20(2)18-38-29(25)26(14-21)22-11-12-32-24(15-22)17-33-30(35)39-31(3,4)5/h7-15,18H,6,16-17,19H2,1-5H3,(H,33,35). The van der Waals surface area contributed by atoms with Gasteiger partial charge in [-0.3, -0.25) is 9.78 Å². The van der Waals surface area contributed by atoms with Gasteiger partial charge in [0.1, 0.15) is 23.5 Å². The molecule has 0 saturated carbocycles. The van der Waals surface area contributed by atoms with Crippen LogP contribution in [-0.2, 0) is 33.8 Å². The van der Waals surface area contributed by atoms with Crippen LogP contribution in [-0.4, -0.2) is 29.3 Å². The lowest BCUT2D eigenvalue weighted by atomic mass is 9.99. The number of furan rings is 1. The maximum Gasteiger partial charge on any atom is 0.407 e. The average molecular weight is 531 g/mol. The van der Waals surface area contributed by atoms with Crippen molar-refractivity contribution in [3.05, 3.63) is 83.4 Å². The van der Waals surface area contributed by atoms with Gasteiger partial charge in [0.25, 0.3) is 0 Å². The number of nitrogens with zero attached hydrogens (tertiary/aromatic N) is 1. The summed E-state index contributed by atoms with van der Waals surface area (Å²) in [6.07, 6.45) is 3.09. The molecule has 0 aliphatic carbocycles. The molecule has 2 heterocycles. The molecule has 0 atom stereocenters. The van der Waals surface area contributed by atoms with Crippen LogP contribution in [0.15, 0.2) is 65.4 Å². The Labute approximate surface area is 228 Å². The lowest BCUT2D eigenvalue weighted by Gasteiger charge is -2.19. The van der Waals surface area contributed by atoms with Crippen LogP contribution >= 0.6 is 0 Å². The minimum absolute atomic E-state index is 0.145. The van der Waals surface area contributed by atoms with Crippen molar-refractivity contribution >= 4 is 23.0 Å². The molecule has 0 spiro atoms. The van der Waals surface area contributed by atoms with Gasteiger partial charge in [0.05, 0.1) is 31.5 Å². The number of esters is 1. The second kappa shape index (κ2) is 12.0. The quantitative estimate of drug-likeness (QED) is 0.246. The molecule has 4 rings (SSSR count). The van der Waals surface area contributed by atoms with E-state index in [1.54, 1.807) is 19.4 Å². The second-order valence-corrected chi connectivity index (χ2v) is 10.2. The number of nitrogens with one attached hydrogen (secondary N) is 1. The third kappa shape index (κ3) is 7.37. The van der Waals surface area contributed by atoms with E-state index in [0.29, 0.717) is 24.7 Å². The van der Waals surface area contributed by atoms with Gasteiger partial charge in [-0.1, -0.05) is 18.2 Å². The molecule has 2 aromatic carbocycles. The first-order valence-corrected chi connectivity index (χ1v) is 12.9. The molecule has 0 unspecified atom stereocenters. The fourth-order valence-corrected chi connectivity index (χ4v) is 4.16. The van der Waals surface area contributed by atoms with E-state index in [0.717, 1.165) is 38.8 Å². The highest BCUT2D eigenvalue weighted by atomic mass is 16.6. The number of alkyl carbamates (subject to hydrolysis) is 1. The number of para-hydroxylation sites is 1. The number of ether oxygens (including phenoxy) is 3. The molecule has 0 radical (unpaired) electrons. The summed E-state index contributed by atoms with van der Waals surface area (Å²) in [6.45, 7) is 10.1. The molecule has 39 heavy (non-hydrogen) atoms. The Morgan fingerprint density at radius 3 is 2.64 bits per heavy atom. The zero-order valence-corrected chi connectivity index (χ0v) is 23.0. The number of aromatic nitrogens is 1. The third-order valence-electron chi connectivity index (χ3n) is 5.87. The number of hydrogen-bond acceptors (Lipinski definition) is 7. The monoisotopic (exact) mass is 530 g/mol. The Morgan fingerprint density at radius 1 is 1.08 bits per heavy atom. The maximum atomic E-state index is 12.1. The fourth-order valence-electron chi connectivity index (χ4n) is 4.16. The zero-order valence-electron chi connectivity index (χ0n) is 23.0. The highest BCUT2D eigenvalue weighted by Crippen LogP contribution is 2.34. The van der Waals surface area contributed by atoms with E-state index in [2.05, 4.69) is 16.4 Å². The van der Waals surface area contributed by atoms with Crippen molar-refractivity contribution < 1.29 is 28.2 Å². The molecular formula is C31H34N2O6. The highest BCUT2D eigenvalue weighted by molar-refractivity contribution is 5.95. The number of benzene rings is 2. The van der Waals surface area contributed by atoms with Gasteiger partial charge >= 0.3 is 12.1 Å². The summed E-state index contributed by atoms with van der Waals surface area (Å²) in [6, 6.07) is 15.4. The van der Waals surface area contributed by atoms with Crippen LogP contribution in [0.3, 0.4) is 0 Å². The van der Waals surface area contributed by atoms with Crippen molar-refractivity contribution in [2.75, 3.05) is 6.61 Å². The maximum absolute atomic E-state index is 12.1. The highest BCUT2D eigenvalue weighted by Gasteiger charge is 2.17. The van der Waals surface area contributed by atoms with Crippen LogP contribution in [0.5, 0.6) is 5.75 Å². The first-order valence-electron chi connectivity index (χ1n) is 12.9. The Balaban J connectivity index is 1.57. The number of hydrogen-bond donors (Lipinski definition) is 1. The predicted molar refractivity (Wildman–Crippen MR) is 148 cm³/mol. The molecule has 0 aliphatic heterocycles. The molecule has 8 heteroatoms. The Bertz CT molecular complexity index is 1470. The Kier molecular flexibility index (Phi) is 8.54. The number of amides is 1. The van der Waals surface area contributed by atoms with Crippen molar-refractivity contribution in [1.82, 2.24) is 10.3 Å². The first-order chi connectivity index (χ1) is 18.6. The van der Waals surface area contributed by atoms with Gasteiger partial charge in [-0.15, -0.1) is 0 Å². The fraction of sp³-hybridized carbons (Fsp3) is 0.323. The largest absolute Gasteiger partial charge is 0.489 e. The minimum Gasteiger partial charge on any atom is -0.489 e. The molecular weight excluding hydrogens is 496 g/mol. The van der Waals surface area contributed by atoms with E-state index in [1.807, 2.05) is 70.2 Å². The number of rotatable bonds is 9. The van der Waals surface area contributed by atoms with Crippen LogP contribution in [0.25, 0.3) is 22.1 Å². The summed E-state index contributed by atoms with van der Waals surface area (Å²) in [7, 11) is 0. The topological polar surface area (TPSA) is 99.9 Å². The van der Waals surface area contributed by atoms with Crippen molar-refractivity contribution in [3.8, 4) is 16.9 Å². The molecule has 2 aromatic heterocycles. The average Bonchev–Trinajstić information content (AvgIpc) is 3.26. The normalized spacial score (nSPS) is 11.3. The summed E-state index contributed by atoms with van der Waals surface area (Å²) in [5, 5.41) is 3.73. The second-order valence-electron chi connectivity index (χ2n) is 10.2. The van der Waals surface area contributed by atoms with E-state index in [9.17, 15) is 9.59 Å². The number of aryl methyl sites for hydroxylation is 1. The van der Waals surface area contributed by atoms with E-state index in [1.165, 1.54) is 0 Å². The van der Waals surface area contributed by atoms with E-state index < -0.39 is 11.7 Å². The minimum atomic E-state index is -0.579. The Morgan fingerprint density at radius 2 is 1.87 bits per heavy atom. The van der Waals surface area contributed by atoms with Crippen LogP contribution in [0, 0.1) is 6.92 Å². The van der Waals surface area contributed by atoms with Crippen LogP contribution < -0.4 is 10.1 Å². The molecule has 0 saturated heterocycles. The molecule has 204 valence electrons.